The Kier molecular flexibility index (Phi) is 5.41. The van der Waals surface area contributed by atoms with E-state index in [1.807, 2.05) is 0 Å². The van der Waals surface area contributed by atoms with Crippen LogP contribution >= 0.6 is 0 Å². The first kappa shape index (κ1) is 15.1. The number of methoxy groups -OCH3 is 1. The van der Waals surface area contributed by atoms with Gasteiger partial charge >= 0.3 is 5.97 Å². The number of esters is 1. The van der Waals surface area contributed by atoms with Gasteiger partial charge < -0.3 is 10.1 Å². The van der Waals surface area contributed by atoms with E-state index in [4.69, 9.17) is 0 Å². The number of halogens is 2. The van der Waals surface area contributed by atoms with Crippen molar-refractivity contribution in [1.82, 2.24) is 5.32 Å². The summed E-state index contributed by atoms with van der Waals surface area (Å²) in [6.45, 7) is 1.65. The van der Waals surface area contributed by atoms with Gasteiger partial charge in [-0.15, -0.1) is 0 Å². The predicted octanol–water partition coefficient (Wildman–Crippen LogP) is 1.58. The molecule has 0 spiro atoms. The Morgan fingerprint density at radius 2 is 2.00 bits per heavy atom. The summed E-state index contributed by atoms with van der Waals surface area (Å²) in [6.07, 6.45) is -0.0251. The van der Waals surface area contributed by atoms with E-state index in [9.17, 15) is 18.4 Å². The summed E-state index contributed by atoms with van der Waals surface area (Å²) in [5.74, 6) is -2.75. The molecule has 0 fully saturated rings. The van der Waals surface area contributed by atoms with Crippen LogP contribution < -0.4 is 5.32 Å². The summed E-state index contributed by atoms with van der Waals surface area (Å²) in [5, 5.41) is 2.57. The molecule has 19 heavy (non-hydrogen) atoms. The highest BCUT2D eigenvalue weighted by molar-refractivity contribution is 5.79. The SMILES string of the molecule is COC(=O)CC(C)NC(=O)Cc1ccc(F)c(F)c1. The van der Waals surface area contributed by atoms with Crippen LogP contribution in [0.25, 0.3) is 0 Å². The Morgan fingerprint density at radius 3 is 2.58 bits per heavy atom. The summed E-state index contributed by atoms with van der Waals surface area (Å²) in [4.78, 5) is 22.6. The maximum atomic E-state index is 12.9. The minimum atomic E-state index is -0.993. The third kappa shape index (κ3) is 5.03. The Morgan fingerprint density at radius 1 is 1.32 bits per heavy atom. The lowest BCUT2D eigenvalue weighted by atomic mass is 10.1. The van der Waals surface area contributed by atoms with Gasteiger partial charge in [-0.2, -0.15) is 0 Å². The van der Waals surface area contributed by atoms with Crippen molar-refractivity contribution in [2.24, 2.45) is 0 Å². The molecule has 1 atom stereocenters. The first-order chi connectivity index (χ1) is 8.92. The summed E-state index contributed by atoms with van der Waals surface area (Å²) in [7, 11) is 1.26. The lowest BCUT2D eigenvalue weighted by Crippen LogP contribution is -2.35. The number of nitrogens with one attached hydrogen (secondary N) is 1. The predicted molar refractivity (Wildman–Crippen MR) is 64.3 cm³/mol. The maximum absolute atomic E-state index is 12.9. The van der Waals surface area contributed by atoms with Gasteiger partial charge in [0.1, 0.15) is 0 Å². The fourth-order valence-electron chi connectivity index (χ4n) is 1.55. The van der Waals surface area contributed by atoms with Gasteiger partial charge in [0.15, 0.2) is 11.6 Å². The van der Waals surface area contributed by atoms with Crippen molar-refractivity contribution in [3.63, 3.8) is 0 Å². The van der Waals surface area contributed by atoms with Crippen LogP contribution in [0.2, 0.25) is 0 Å². The average Bonchev–Trinajstić information content (AvgIpc) is 2.33. The molecule has 0 saturated carbocycles. The second-order valence-electron chi connectivity index (χ2n) is 4.17. The molecule has 0 heterocycles. The van der Waals surface area contributed by atoms with Crippen LogP contribution in [0.3, 0.4) is 0 Å². The van der Waals surface area contributed by atoms with Crippen molar-refractivity contribution in [3.8, 4) is 0 Å². The van der Waals surface area contributed by atoms with Gasteiger partial charge in [0.25, 0.3) is 0 Å². The van der Waals surface area contributed by atoms with Crippen molar-refractivity contribution in [2.45, 2.75) is 25.8 Å². The first-order valence-corrected chi connectivity index (χ1v) is 5.72. The van der Waals surface area contributed by atoms with Crippen LogP contribution in [-0.4, -0.2) is 25.0 Å². The third-order valence-electron chi connectivity index (χ3n) is 2.46. The molecule has 1 amide bonds. The molecule has 6 heteroatoms. The Hall–Kier alpha value is -1.98. The van der Waals surface area contributed by atoms with Crippen LogP contribution in [0.1, 0.15) is 18.9 Å². The zero-order chi connectivity index (χ0) is 14.4. The molecule has 0 bridgehead atoms. The van der Waals surface area contributed by atoms with E-state index < -0.39 is 17.6 Å². The second kappa shape index (κ2) is 6.82. The Labute approximate surface area is 109 Å². The third-order valence-corrected chi connectivity index (χ3v) is 2.46. The number of hydrogen-bond donors (Lipinski definition) is 1. The Bertz CT molecular complexity index is 477. The van der Waals surface area contributed by atoms with Gasteiger partial charge in [-0.25, -0.2) is 8.78 Å². The molecule has 1 aromatic rings. The monoisotopic (exact) mass is 271 g/mol. The topological polar surface area (TPSA) is 55.4 Å². The summed E-state index contributed by atoms with van der Waals surface area (Å²) >= 11 is 0. The van der Waals surface area contributed by atoms with Crippen LogP contribution in [-0.2, 0) is 20.7 Å². The van der Waals surface area contributed by atoms with E-state index in [2.05, 4.69) is 10.1 Å². The van der Waals surface area contributed by atoms with Gasteiger partial charge in [0.2, 0.25) is 5.91 Å². The molecule has 1 rings (SSSR count). The average molecular weight is 271 g/mol. The van der Waals surface area contributed by atoms with E-state index >= 15 is 0 Å². The number of benzene rings is 1. The molecular weight excluding hydrogens is 256 g/mol. The smallest absolute Gasteiger partial charge is 0.307 e. The summed E-state index contributed by atoms with van der Waals surface area (Å²) in [6, 6.07) is 2.89. The second-order valence-corrected chi connectivity index (χ2v) is 4.17. The highest BCUT2D eigenvalue weighted by Crippen LogP contribution is 2.09. The normalized spacial score (nSPS) is 11.8. The van der Waals surface area contributed by atoms with E-state index in [0.29, 0.717) is 5.56 Å². The lowest BCUT2D eigenvalue weighted by molar-refractivity contribution is -0.141. The van der Waals surface area contributed by atoms with Crippen molar-refractivity contribution in [2.75, 3.05) is 7.11 Å². The maximum Gasteiger partial charge on any atom is 0.307 e. The molecule has 0 aliphatic heterocycles. The van der Waals surface area contributed by atoms with Crippen LogP contribution in [0.4, 0.5) is 8.78 Å². The number of carbonyl (C=O) groups excluding carboxylic acids is 2. The number of ether oxygens (including phenoxy) is 1. The van der Waals surface area contributed by atoms with Crippen LogP contribution in [0.15, 0.2) is 18.2 Å². The fourth-order valence-corrected chi connectivity index (χ4v) is 1.55. The quantitative estimate of drug-likeness (QED) is 0.827. The summed E-state index contributed by atoms with van der Waals surface area (Å²) < 4.78 is 30.1. The number of hydrogen-bond acceptors (Lipinski definition) is 3. The van der Waals surface area contributed by atoms with Gasteiger partial charge in [0.05, 0.1) is 20.0 Å². The molecule has 1 N–H and O–H groups in total. The molecular formula is C13H15F2NO3. The molecule has 0 saturated heterocycles. The largest absolute Gasteiger partial charge is 0.469 e. The lowest BCUT2D eigenvalue weighted by Gasteiger charge is -2.12. The molecule has 0 aliphatic carbocycles. The van der Waals surface area contributed by atoms with Gasteiger partial charge in [-0.1, -0.05) is 6.07 Å². The number of carbonyl (C=O) groups is 2. The number of rotatable bonds is 5. The minimum Gasteiger partial charge on any atom is -0.469 e. The molecule has 4 nitrogen and oxygen atoms in total. The van der Waals surface area contributed by atoms with Crippen molar-refractivity contribution < 1.29 is 23.1 Å². The van der Waals surface area contributed by atoms with Crippen LogP contribution in [0.5, 0.6) is 0 Å². The van der Waals surface area contributed by atoms with E-state index in [1.54, 1.807) is 6.92 Å². The summed E-state index contributed by atoms with van der Waals surface area (Å²) in [5.41, 5.74) is 0.363. The molecule has 104 valence electrons. The van der Waals surface area contributed by atoms with Gasteiger partial charge in [-0.3, -0.25) is 9.59 Å². The molecule has 0 radical (unpaired) electrons. The molecule has 1 aromatic carbocycles. The Balaban J connectivity index is 2.50. The van der Waals surface area contributed by atoms with Crippen LogP contribution in [0, 0.1) is 11.6 Å². The molecule has 0 aliphatic rings. The highest BCUT2D eigenvalue weighted by atomic mass is 19.2. The molecule has 1 unspecified atom stereocenters. The minimum absolute atomic E-state index is 0.0556. The highest BCUT2D eigenvalue weighted by Gasteiger charge is 2.13. The van der Waals surface area contributed by atoms with E-state index in [0.717, 1.165) is 12.1 Å². The van der Waals surface area contributed by atoms with Crippen molar-refractivity contribution in [3.05, 3.63) is 35.4 Å². The van der Waals surface area contributed by atoms with E-state index in [1.165, 1.54) is 13.2 Å². The zero-order valence-electron chi connectivity index (χ0n) is 10.7. The van der Waals surface area contributed by atoms with Crippen molar-refractivity contribution >= 4 is 11.9 Å². The zero-order valence-corrected chi connectivity index (χ0v) is 10.7. The standard InChI is InChI=1S/C13H15F2NO3/c1-8(5-13(18)19-2)16-12(17)7-9-3-4-10(14)11(15)6-9/h3-4,6,8H,5,7H2,1-2H3,(H,16,17). The molecule has 0 aromatic heterocycles. The van der Waals surface area contributed by atoms with E-state index in [-0.39, 0.29) is 24.8 Å². The fraction of sp³-hybridized carbons (Fsp3) is 0.385. The van der Waals surface area contributed by atoms with Gasteiger partial charge in [-0.05, 0) is 24.6 Å². The number of amides is 1. The van der Waals surface area contributed by atoms with Crippen molar-refractivity contribution in [1.29, 1.82) is 0 Å². The first-order valence-electron chi connectivity index (χ1n) is 5.72. The van der Waals surface area contributed by atoms with Gasteiger partial charge in [0, 0.05) is 6.04 Å².